The summed E-state index contributed by atoms with van der Waals surface area (Å²) in [4.78, 5) is 21.9. The van der Waals surface area contributed by atoms with Crippen LogP contribution in [0.5, 0.6) is 0 Å². The van der Waals surface area contributed by atoms with Crippen molar-refractivity contribution in [3.8, 4) is 0 Å². The average Bonchev–Trinajstić information content (AvgIpc) is 3.10. The molecule has 0 aromatic carbocycles. The lowest BCUT2D eigenvalue weighted by Gasteiger charge is -2.37. The summed E-state index contributed by atoms with van der Waals surface area (Å²) in [6.07, 6.45) is 8.89. The van der Waals surface area contributed by atoms with E-state index in [1.54, 1.807) is 0 Å². The fourth-order valence-electron chi connectivity index (χ4n) is 4.52. The van der Waals surface area contributed by atoms with Gasteiger partial charge in [-0.25, -0.2) is 4.98 Å². The molecule has 0 radical (unpaired) electrons. The zero-order valence-electron chi connectivity index (χ0n) is 15.3. The van der Waals surface area contributed by atoms with Crippen LogP contribution in [0.25, 0.3) is 0 Å². The van der Waals surface area contributed by atoms with E-state index in [1.165, 1.54) is 38.6 Å². The fourth-order valence-corrected chi connectivity index (χ4v) is 4.52. The minimum absolute atomic E-state index is 0.0521. The Balaban J connectivity index is 1.44. The number of hydrogen-bond acceptors (Lipinski definition) is 4. The molecule has 0 bridgehead atoms. The first kappa shape index (κ1) is 17.0. The van der Waals surface area contributed by atoms with E-state index in [0.717, 1.165) is 24.8 Å². The maximum Gasteiger partial charge on any atom is 0.274 e. The number of imidazole rings is 1. The molecular formula is C19H30N4O2. The molecule has 1 aliphatic carbocycles. The summed E-state index contributed by atoms with van der Waals surface area (Å²) in [5.74, 6) is 1.95. The number of nitrogens with zero attached hydrogens (tertiary/aromatic N) is 4. The summed E-state index contributed by atoms with van der Waals surface area (Å²) in [7, 11) is 0. The minimum Gasteiger partial charge on any atom is -0.378 e. The van der Waals surface area contributed by atoms with Crippen LogP contribution in [0.3, 0.4) is 0 Å². The van der Waals surface area contributed by atoms with Gasteiger partial charge in [-0.05, 0) is 25.7 Å². The smallest absolute Gasteiger partial charge is 0.274 e. The van der Waals surface area contributed by atoms with Crippen LogP contribution in [0.2, 0.25) is 0 Å². The molecule has 1 unspecified atom stereocenters. The Morgan fingerprint density at radius 3 is 2.68 bits per heavy atom. The summed E-state index contributed by atoms with van der Waals surface area (Å²) in [6, 6.07) is 0.293. The lowest BCUT2D eigenvalue weighted by Crippen LogP contribution is -2.41. The summed E-state index contributed by atoms with van der Waals surface area (Å²) in [5, 5.41) is 0. The molecule has 25 heavy (non-hydrogen) atoms. The number of hydrogen-bond donors (Lipinski definition) is 0. The fraction of sp³-hybridized carbons (Fsp3) is 0.789. The molecule has 0 spiro atoms. The third kappa shape index (κ3) is 3.60. The standard InChI is InChI=1S/C19H30N4O2/c1-15-18-20-17(19(24)21-9-11-25-12-10-21)14-23(18)8-7-22(15)13-16-5-3-2-4-6-16/h14-16H,2-13H2,1H3. The van der Waals surface area contributed by atoms with Gasteiger partial charge in [0.2, 0.25) is 0 Å². The Labute approximate surface area is 150 Å². The maximum atomic E-state index is 12.7. The van der Waals surface area contributed by atoms with E-state index in [4.69, 9.17) is 9.72 Å². The SMILES string of the molecule is CC1c2nc(C(=O)N3CCOCC3)cn2CCN1CC1CCCCC1. The predicted molar refractivity (Wildman–Crippen MR) is 95.5 cm³/mol. The molecule has 2 fully saturated rings. The summed E-state index contributed by atoms with van der Waals surface area (Å²) in [5.41, 5.74) is 0.600. The van der Waals surface area contributed by atoms with E-state index >= 15 is 0 Å². The van der Waals surface area contributed by atoms with Gasteiger partial charge in [0, 0.05) is 38.9 Å². The highest BCUT2D eigenvalue weighted by Crippen LogP contribution is 2.30. The van der Waals surface area contributed by atoms with E-state index in [-0.39, 0.29) is 5.91 Å². The molecular weight excluding hydrogens is 316 g/mol. The number of fused-ring (bicyclic) bond motifs is 1. The molecule has 2 aliphatic heterocycles. The molecule has 1 saturated carbocycles. The Kier molecular flexibility index (Phi) is 5.08. The van der Waals surface area contributed by atoms with Gasteiger partial charge in [-0.2, -0.15) is 0 Å². The van der Waals surface area contributed by atoms with Crippen molar-refractivity contribution >= 4 is 5.91 Å². The largest absolute Gasteiger partial charge is 0.378 e. The Morgan fingerprint density at radius 1 is 1.16 bits per heavy atom. The number of rotatable bonds is 3. The van der Waals surface area contributed by atoms with Crippen molar-refractivity contribution in [3.05, 3.63) is 17.7 Å². The molecule has 1 amide bonds. The first-order valence-corrected chi connectivity index (χ1v) is 9.90. The maximum absolute atomic E-state index is 12.7. The minimum atomic E-state index is 0.0521. The van der Waals surface area contributed by atoms with Crippen molar-refractivity contribution in [2.24, 2.45) is 5.92 Å². The summed E-state index contributed by atoms with van der Waals surface area (Å²) in [6.45, 7) is 8.02. The van der Waals surface area contributed by atoms with Gasteiger partial charge in [-0.15, -0.1) is 0 Å². The van der Waals surface area contributed by atoms with Crippen molar-refractivity contribution in [1.82, 2.24) is 19.4 Å². The van der Waals surface area contributed by atoms with Crippen LogP contribution in [-0.4, -0.2) is 64.7 Å². The summed E-state index contributed by atoms with van der Waals surface area (Å²) < 4.78 is 7.53. The van der Waals surface area contributed by atoms with Crippen molar-refractivity contribution in [1.29, 1.82) is 0 Å². The van der Waals surface area contributed by atoms with E-state index in [0.29, 0.717) is 38.0 Å². The van der Waals surface area contributed by atoms with Gasteiger partial charge in [0.15, 0.2) is 0 Å². The molecule has 6 heteroatoms. The second kappa shape index (κ2) is 7.46. The third-order valence-electron chi connectivity index (χ3n) is 6.09. The van der Waals surface area contributed by atoms with Gasteiger partial charge >= 0.3 is 0 Å². The Morgan fingerprint density at radius 2 is 1.92 bits per heavy atom. The van der Waals surface area contributed by atoms with Gasteiger partial charge in [0.1, 0.15) is 11.5 Å². The van der Waals surface area contributed by atoms with E-state index in [2.05, 4.69) is 16.4 Å². The first-order valence-electron chi connectivity index (χ1n) is 9.90. The summed E-state index contributed by atoms with van der Waals surface area (Å²) >= 11 is 0. The first-order chi connectivity index (χ1) is 12.2. The van der Waals surface area contributed by atoms with Crippen LogP contribution in [0.1, 0.15) is 61.4 Å². The Hall–Kier alpha value is -1.40. The zero-order valence-corrected chi connectivity index (χ0v) is 15.3. The average molecular weight is 346 g/mol. The Bertz CT molecular complexity index is 603. The molecule has 138 valence electrons. The number of amides is 1. The lowest BCUT2D eigenvalue weighted by atomic mass is 9.88. The third-order valence-corrected chi connectivity index (χ3v) is 6.09. The molecule has 1 aromatic rings. The van der Waals surface area contributed by atoms with Gasteiger partial charge in [-0.1, -0.05) is 19.3 Å². The second-order valence-corrected chi connectivity index (χ2v) is 7.76. The highest BCUT2D eigenvalue weighted by Gasteiger charge is 2.30. The molecule has 3 heterocycles. The van der Waals surface area contributed by atoms with Gasteiger partial charge in [0.05, 0.1) is 19.3 Å². The quantitative estimate of drug-likeness (QED) is 0.843. The zero-order chi connectivity index (χ0) is 17.2. The number of carbonyl (C=O) groups is 1. The van der Waals surface area contributed by atoms with Crippen LogP contribution in [0.4, 0.5) is 0 Å². The van der Waals surface area contributed by atoms with Crippen molar-refractivity contribution in [2.45, 2.75) is 51.6 Å². The molecule has 4 rings (SSSR count). The molecule has 1 aromatic heterocycles. The highest BCUT2D eigenvalue weighted by molar-refractivity contribution is 5.92. The van der Waals surface area contributed by atoms with Gasteiger partial charge < -0.3 is 14.2 Å². The van der Waals surface area contributed by atoms with Crippen LogP contribution < -0.4 is 0 Å². The lowest BCUT2D eigenvalue weighted by molar-refractivity contribution is 0.0299. The monoisotopic (exact) mass is 346 g/mol. The van der Waals surface area contributed by atoms with Crippen LogP contribution in [0.15, 0.2) is 6.20 Å². The molecule has 3 aliphatic rings. The van der Waals surface area contributed by atoms with Crippen LogP contribution >= 0.6 is 0 Å². The predicted octanol–water partition coefficient (Wildman–Crippen LogP) is 2.31. The van der Waals surface area contributed by atoms with Crippen LogP contribution in [-0.2, 0) is 11.3 Å². The van der Waals surface area contributed by atoms with Gasteiger partial charge in [0.25, 0.3) is 5.91 Å². The molecule has 1 saturated heterocycles. The number of aromatic nitrogens is 2. The van der Waals surface area contributed by atoms with Crippen molar-refractivity contribution in [3.63, 3.8) is 0 Å². The van der Waals surface area contributed by atoms with Crippen molar-refractivity contribution in [2.75, 3.05) is 39.4 Å². The molecule has 0 N–H and O–H groups in total. The van der Waals surface area contributed by atoms with Gasteiger partial charge in [-0.3, -0.25) is 9.69 Å². The van der Waals surface area contributed by atoms with Crippen LogP contribution in [0, 0.1) is 5.92 Å². The van der Waals surface area contributed by atoms with E-state index < -0.39 is 0 Å². The van der Waals surface area contributed by atoms with E-state index in [1.807, 2.05) is 11.1 Å². The number of carbonyl (C=O) groups excluding carboxylic acids is 1. The highest BCUT2D eigenvalue weighted by atomic mass is 16.5. The number of morpholine rings is 1. The topological polar surface area (TPSA) is 50.6 Å². The molecule has 1 atom stereocenters. The van der Waals surface area contributed by atoms with E-state index in [9.17, 15) is 4.79 Å². The van der Waals surface area contributed by atoms with Crippen molar-refractivity contribution < 1.29 is 9.53 Å². The normalized spacial score (nSPS) is 25.8. The molecule has 6 nitrogen and oxygen atoms in total. The number of ether oxygens (including phenoxy) is 1. The second-order valence-electron chi connectivity index (χ2n) is 7.76.